The second-order valence-electron chi connectivity index (χ2n) is 8.55. The maximum atomic E-state index is 6.60. The Morgan fingerprint density at radius 2 is 1.04 bits per heavy atom. The molecule has 0 radical (unpaired) electrons. The maximum absolute atomic E-state index is 6.60. The Morgan fingerprint density at radius 3 is 1.49 bits per heavy atom. The Bertz CT molecular complexity index is 1570. The first-order valence-electron chi connectivity index (χ1n) is 14.0. The molecule has 45 heavy (non-hydrogen) atoms. The molecule has 11 heteroatoms. The Kier molecular flexibility index (Phi) is 16.4. The molecule has 1 aliphatic rings. The van der Waals surface area contributed by atoms with Gasteiger partial charge >= 0.3 is 15.3 Å². The number of allylic oxidation sites excluding steroid dienone is 16. The van der Waals surface area contributed by atoms with Gasteiger partial charge in [0, 0.05) is 0 Å². The lowest BCUT2D eigenvalue weighted by atomic mass is 10.3. The first-order valence-corrected chi connectivity index (χ1v) is 18.4. The van der Waals surface area contributed by atoms with Gasteiger partial charge in [0.2, 0.25) is 0 Å². The lowest BCUT2D eigenvalue weighted by Crippen LogP contribution is -2.02. The Balaban J connectivity index is 3.15. The highest BCUT2D eigenvalue weighted by atomic mass is 31.3. The molecule has 0 amide bonds. The molecule has 0 aliphatic carbocycles. The van der Waals surface area contributed by atoms with Gasteiger partial charge in [-0.2, -0.15) is 0 Å². The average molecular weight is 666 g/mol. The highest BCUT2D eigenvalue weighted by Crippen LogP contribution is 2.76. The molecule has 1 heterocycles. The van der Waals surface area contributed by atoms with Crippen molar-refractivity contribution in [1.82, 2.24) is 0 Å². The summed E-state index contributed by atoms with van der Waals surface area (Å²) in [5, 5.41) is 0. The standard InChI is InChI=1S/C34H42N3O5P3/c1-9-20-30(21-10-2)38-43-35-44(39-31(22-11-3)23-12-4,40-32(24-13-5)25-14-6)37-45(36-43,41-33(26-15-7)27-16-8)42-34-28-18-17-19-29-34/h9-29,43H,1,3,5,7H2,2,4,6,8H3/b21-10-,23-12-,25-14-,27-16-,30-20+,31-22+,32-24+,33-26+. The van der Waals surface area contributed by atoms with Gasteiger partial charge in [-0.05, 0) is 88.4 Å². The molecule has 0 spiro atoms. The number of para-hydroxylation sites is 1. The monoisotopic (exact) mass is 665 g/mol. The molecule has 0 bridgehead atoms. The third-order valence-electron chi connectivity index (χ3n) is 4.95. The molecule has 1 aromatic carbocycles. The smallest absolute Gasteiger partial charge is 0.443 e. The third kappa shape index (κ3) is 12.4. The van der Waals surface area contributed by atoms with Crippen molar-refractivity contribution in [3.8, 4) is 5.75 Å². The van der Waals surface area contributed by atoms with Crippen molar-refractivity contribution >= 4 is 23.4 Å². The van der Waals surface area contributed by atoms with E-state index in [4.69, 9.17) is 36.2 Å². The van der Waals surface area contributed by atoms with Crippen LogP contribution in [0.5, 0.6) is 5.75 Å². The highest BCUT2D eigenvalue weighted by molar-refractivity contribution is 7.75. The summed E-state index contributed by atoms with van der Waals surface area (Å²) in [4.78, 5) is 0. The van der Waals surface area contributed by atoms with Crippen molar-refractivity contribution in [1.29, 1.82) is 0 Å². The molecule has 2 unspecified atom stereocenters. The molecular weight excluding hydrogens is 623 g/mol. The van der Waals surface area contributed by atoms with Gasteiger partial charge < -0.3 is 22.6 Å². The molecule has 8 nitrogen and oxygen atoms in total. The predicted octanol–water partition coefficient (Wildman–Crippen LogP) is 12.8. The summed E-state index contributed by atoms with van der Waals surface area (Å²) in [6, 6.07) is 9.14. The number of hydrogen-bond acceptors (Lipinski definition) is 8. The topological polar surface area (TPSA) is 83.2 Å². The molecule has 0 N–H and O–H groups in total. The van der Waals surface area contributed by atoms with Crippen LogP contribution in [0, 0.1) is 0 Å². The van der Waals surface area contributed by atoms with Crippen LogP contribution >= 0.6 is 23.4 Å². The van der Waals surface area contributed by atoms with Gasteiger partial charge in [-0.15, -0.1) is 9.03 Å². The largest absolute Gasteiger partial charge is 0.457 e. The van der Waals surface area contributed by atoms with Crippen LogP contribution < -0.4 is 4.52 Å². The predicted molar refractivity (Wildman–Crippen MR) is 193 cm³/mol. The molecule has 0 aromatic heterocycles. The fourth-order valence-electron chi connectivity index (χ4n) is 3.38. The van der Waals surface area contributed by atoms with Crippen LogP contribution in [-0.2, 0) is 18.1 Å². The van der Waals surface area contributed by atoms with Crippen LogP contribution in [0.1, 0.15) is 27.7 Å². The second-order valence-corrected chi connectivity index (χ2v) is 14.3. The van der Waals surface area contributed by atoms with E-state index in [2.05, 4.69) is 26.3 Å². The second kappa shape index (κ2) is 19.9. The van der Waals surface area contributed by atoms with E-state index >= 15 is 0 Å². The maximum Gasteiger partial charge on any atom is 0.457 e. The lowest BCUT2D eigenvalue weighted by molar-refractivity contribution is 0.356. The van der Waals surface area contributed by atoms with Crippen LogP contribution in [-0.4, -0.2) is 0 Å². The van der Waals surface area contributed by atoms with E-state index in [-0.39, 0.29) is 0 Å². The van der Waals surface area contributed by atoms with E-state index in [9.17, 15) is 0 Å². The van der Waals surface area contributed by atoms with Crippen LogP contribution in [0.2, 0.25) is 0 Å². The molecule has 238 valence electrons. The van der Waals surface area contributed by atoms with E-state index in [0.29, 0.717) is 28.8 Å². The Hall–Kier alpha value is -4.21. The summed E-state index contributed by atoms with van der Waals surface area (Å²) >= 11 is 0. The summed E-state index contributed by atoms with van der Waals surface area (Å²) in [7, 11) is -10.0. The van der Waals surface area contributed by atoms with E-state index in [0.717, 1.165) is 0 Å². The van der Waals surface area contributed by atoms with E-state index < -0.39 is 23.4 Å². The van der Waals surface area contributed by atoms with Crippen LogP contribution in [0.15, 0.2) is 190 Å². The van der Waals surface area contributed by atoms with Crippen molar-refractivity contribution in [2.75, 3.05) is 0 Å². The molecule has 2 rings (SSSR count). The Labute approximate surface area is 269 Å². The molecule has 0 saturated heterocycles. The number of hydrogen-bond donors (Lipinski definition) is 0. The number of benzene rings is 1. The van der Waals surface area contributed by atoms with Gasteiger partial charge in [0.15, 0.2) is 0 Å². The first kappa shape index (κ1) is 37.0. The summed E-state index contributed by atoms with van der Waals surface area (Å²) in [6.07, 6.45) is 27.6. The normalized spacial score (nSPS) is 20.7. The number of rotatable bonds is 18. The molecule has 0 saturated carbocycles. The van der Waals surface area contributed by atoms with Gasteiger partial charge in [0.05, 0.1) is 0 Å². The van der Waals surface area contributed by atoms with Crippen molar-refractivity contribution in [2.45, 2.75) is 27.7 Å². The van der Waals surface area contributed by atoms with Crippen molar-refractivity contribution in [3.63, 3.8) is 0 Å². The van der Waals surface area contributed by atoms with E-state index in [1.807, 2.05) is 70.2 Å². The average Bonchev–Trinajstić information content (AvgIpc) is 2.98. The van der Waals surface area contributed by atoms with Crippen LogP contribution in [0.4, 0.5) is 0 Å². The van der Waals surface area contributed by atoms with Crippen molar-refractivity contribution in [3.05, 3.63) is 177 Å². The quantitative estimate of drug-likeness (QED) is 0.0885. The molecule has 1 aliphatic heterocycles. The lowest BCUT2D eigenvalue weighted by Gasteiger charge is -2.30. The summed E-state index contributed by atoms with van der Waals surface area (Å²) in [5.74, 6) is 2.16. The first-order chi connectivity index (χ1) is 21.8. The minimum atomic E-state index is -3.74. The van der Waals surface area contributed by atoms with Gasteiger partial charge in [-0.3, -0.25) is 0 Å². The minimum absolute atomic E-state index is 0.401. The van der Waals surface area contributed by atoms with Crippen molar-refractivity contribution < 1.29 is 22.6 Å². The van der Waals surface area contributed by atoms with Crippen LogP contribution in [0.3, 0.4) is 0 Å². The SMILES string of the molecule is C=C/C=C(\C=C/C)O[PH]1=NP(OC(/C=C\C)=C/C=C)(OC(/C=C\C)=C/C=C)=NP(OC(/C=C\C)=C/C=C)(Oc2ccccc2)=N1. The summed E-state index contributed by atoms with van der Waals surface area (Å²) in [5.41, 5.74) is 0. The van der Waals surface area contributed by atoms with Gasteiger partial charge in [0.1, 0.15) is 28.8 Å². The summed E-state index contributed by atoms with van der Waals surface area (Å²) < 4.78 is 47.7. The zero-order chi connectivity index (χ0) is 33.0. The Morgan fingerprint density at radius 1 is 0.622 bits per heavy atom. The van der Waals surface area contributed by atoms with E-state index in [1.165, 1.54) is 0 Å². The zero-order valence-electron chi connectivity index (χ0n) is 26.2. The minimum Gasteiger partial charge on any atom is -0.443 e. The fraction of sp³-hybridized carbons (Fsp3) is 0.118. The molecule has 1 aromatic rings. The molecular formula is C34H42N3O5P3. The number of nitrogens with zero attached hydrogens (tertiary/aromatic N) is 3. The van der Waals surface area contributed by atoms with Crippen LogP contribution in [0.25, 0.3) is 0 Å². The zero-order valence-corrected chi connectivity index (χ0v) is 29.0. The third-order valence-corrected chi connectivity index (χ3v) is 12.4. The highest BCUT2D eigenvalue weighted by Gasteiger charge is 2.41. The van der Waals surface area contributed by atoms with E-state index in [1.54, 1.807) is 85.0 Å². The molecule has 0 fully saturated rings. The fourth-order valence-corrected chi connectivity index (χ4v) is 11.4. The van der Waals surface area contributed by atoms with Gasteiger partial charge in [-0.1, -0.05) is 97.6 Å². The van der Waals surface area contributed by atoms with Crippen molar-refractivity contribution in [2.24, 2.45) is 13.5 Å². The molecule has 2 atom stereocenters. The van der Waals surface area contributed by atoms with Gasteiger partial charge in [-0.25, -0.2) is 0 Å². The van der Waals surface area contributed by atoms with Gasteiger partial charge in [0.25, 0.3) is 8.09 Å². The summed E-state index contributed by atoms with van der Waals surface area (Å²) in [6.45, 7) is 22.8.